The van der Waals surface area contributed by atoms with E-state index in [2.05, 4.69) is 46.2 Å². The molecule has 7 rings (SSSR count). The molecule has 3 heterocycles. The van der Waals surface area contributed by atoms with Gasteiger partial charge in [-0.15, -0.1) is 0 Å². The lowest BCUT2D eigenvalue weighted by atomic mass is 10.0. The first-order valence-electron chi connectivity index (χ1n) is 21.0. The highest BCUT2D eigenvalue weighted by atomic mass is 16.6. The van der Waals surface area contributed by atoms with E-state index in [9.17, 15) is 19.2 Å². The summed E-state index contributed by atoms with van der Waals surface area (Å²) in [5.74, 6) is 0.916. The van der Waals surface area contributed by atoms with Crippen molar-refractivity contribution >= 4 is 34.7 Å². The zero-order chi connectivity index (χ0) is 41.4. The Balaban J connectivity index is 1.15. The van der Waals surface area contributed by atoms with Gasteiger partial charge in [0.15, 0.2) is 0 Å². The van der Waals surface area contributed by atoms with Crippen LogP contribution in [0.5, 0.6) is 0 Å². The molecule has 14 heteroatoms. The summed E-state index contributed by atoms with van der Waals surface area (Å²) < 4.78 is 5.56. The highest BCUT2D eigenvalue weighted by molar-refractivity contribution is 5.95. The largest absolute Gasteiger partial charge is 0.444 e. The van der Waals surface area contributed by atoms with Crippen molar-refractivity contribution in [2.24, 2.45) is 0 Å². The average Bonchev–Trinajstić information content (AvgIpc) is 4.06. The summed E-state index contributed by atoms with van der Waals surface area (Å²) in [4.78, 5) is 75.5. The number of ether oxygens (including phenoxy) is 1. The normalized spacial score (nSPS) is 16.4. The molecule has 5 aromatic rings. The number of benzene rings is 2. The molecule has 0 unspecified atom stereocenters. The molecule has 4 amide bonds. The number of rotatable bonds is 16. The van der Waals surface area contributed by atoms with Gasteiger partial charge in [0.05, 0.1) is 0 Å². The number of amides is 4. The summed E-state index contributed by atoms with van der Waals surface area (Å²) in [6.07, 6.45) is 13.7. The van der Waals surface area contributed by atoms with Crippen molar-refractivity contribution in [3.8, 4) is 0 Å². The predicted octanol–water partition coefficient (Wildman–Crippen LogP) is 6.14. The summed E-state index contributed by atoms with van der Waals surface area (Å²) >= 11 is 0. The number of carbonyl (C=O) groups excluding carboxylic acids is 4. The lowest BCUT2D eigenvalue weighted by Gasteiger charge is -2.26. The molecule has 2 saturated carbocycles. The minimum Gasteiger partial charge on any atom is -0.444 e. The average molecular weight is 804 g/mol. The van der Waals surface area contributed by atoms with Gasteiger partial charge in [0.1, 0.15) is 35.4 Å². The number of nitrogens with zero attached hydrogens (tertiary/aromatic N) is 2. The van der Waals surface area contributed by atoms with E-state index >= 15 is 0 Å². The van der Waals surface area contributed by atoms with Crippen molar-refractivity contribution in [3.05, 3.63) is 107 Å². The maximum Gasteiger partial charge on any atom is 0.408 e. The van der Waals surface area contributed by atoms with Crippen molar-refractivity contribution in [1.29, 1.82) is 0 Å². The molecule has 0 radical (unpaired) electrons. The summed E-state index contributed by atoms with van der Waals surface area (Å²) in [5.41, 5.74) is 3.18. The zero-order valence-corrected chi connectivity index (χ0v) is 34.2. The quantitative estimate of drug-likeness (QED) is 0.0622. The van der Waals surface area contributed by atoms with Gasteiger partial charge in [0.25, 0.3) is 0 Å². The van der Waals surface area contributed by atoms with Gasteiger partial charge in [-0.1, -0.05) is 74.2 Å². The number of aromatic nitrogens is 5. The Morgan fingerprint density at radius 3 is 1.80 bits per heavy atom. The van der Waals surface area contributed by atoms with Crippen LogP contribution >= 0.6 is 0 Å². The third-order valence-electron chi connectivity index (χ3n) is 11.3. The number of alkyl carbamates (subject to hydrolysis) is 1. The smallest absolute Gasteiger partial charge is 0.408 e. The summed E-state index contributed by atoms with van der Waals surface area (Å²) in [6, 6.07) is 14.0. The SMILES string of the molecule is CC(C)(C)OC(=O)N[C@@H](Cc1cnc(C2CCCC2)[nH]1)C(=O)N[C@@H](Cc1c[nH]c2ccccc12)C(=O)N[C@@H](Cc1cnc(C2CCCC2)[nH]1)C(=O)NCc1ccccc1. The second-order valence-corrected chi connectivity index (χ2v) is 17.0. The Kier molecular flexibility index (Phi) is 13.1. The molecule has 2 fully saturated rings. The fourth-order valence-electron chi connectivity index (χ4n) is 8.26. The Hall–Kier alpha value is -5.92. The van der Waals surface area contributed by atoms with E-state index in [-0.39, 0.29) is 31.7 Å². The number of hydrogen-bond donors (Lipinski definition) is 7. The minimum absolute atomic E-state index is 0.0832. The first-order chi connectivity index (χ1) is 28.5. The van der Waals surface area contributed by atoms with E-state index in [1.165, 1.54) is 0 Å². The monoisotopic (exact) mass is 803 g/mol. The highest BCUT2D eigenvalue weighted by Crippen LogP contribution is 2.33. The molecule has 312 valence electrons. The Morgan fingerprint density at radius 1 is 0.695 bits per heavy atom. The van der Waals surface area contributed by atoms with Crippen LogP contribution in [-0.4, -0.2) is 72.5 Å². The van der Waals surface area contributed by atoms with E-state index < -0.39 is 41.6 Å². The third-order valence-corrected chi connectivity index (χ3v) is 11.3. The van der Waals surface area contributed by atoms with Crippen LogP contribution in [0.25, 0.3) is 10.9 Å². The molecule has 59 heavy (non-hydrogen) atoms. The number of nitrogens with one attached hydrogen (secondary N) is 7. The van der Waals surface area contributed by atoms with Crippen LogP contribution in [0.1, 0.15) is 118 Å². The van der Waals surface area contributed by atoms with Gasteiger partial charge in [0, 0.05) is 78.5 Å². The summed E-state index contributed by atoms with van der Waals surface area (Å²) in [6.45, 7) is 5.51. The van der Waals surface area contributed by atoms with Crippen molar-refractivity contribution < 1.29 is 23.9 Å². The van der Waals surface area contributed by atoms with E-state index in [0.29, 0.717) is 17.5 Å². The molecule has 0 aliphatic heterocycles. The fourth-order valence-corrected chi connectivity index (χ4v) is 8.26. The number of fused-ring (bicyclic) bond motifs is 1. The first kappa shape index (κ1) is 41.2. The molecule has 2 aliphatic rings. The third kappa shape index (κ3) is 11.2. The van der Waals surface area contributed by atoms with Crippen molar-refractivity contribution in [3.63, 3.8) is 0 Å². The number of hydrogen-bond acceptors (Lipinski definition) is 7. The number of H-pyrrole nitrogens is 3. The molecule has 7 N–H and O–H groups in total. The molecule has 14 nitrogen and oxygen atoms in total. The van der Waals surface area contributed by atoms with Crippen molar-refractivity contribution in [2.45, 2.75) is 134 Å². The standard InChI is InChI=1S/C45H57N9O5/c1-45(2,3)59-44(58)54-38(23-33-27-48-40(51-33)30-17-9-10-18-30)43(57)52-36(21-31-25-46-35-20-12-11-19-34(31)35)42(56)53-37(41(55)49-24-28-13-5-4-6-14-28)22-32-26-47-39(50-32)29-15-7-8-16-29/h4-6,11-14,19-20,25-27,29-30,36-38,46H,7-10,15-18,21-24H2,1-3H3,(H,47,50)(H,48,51)(H,49,55)(H,52,57)(H,53,56)(H,54,58)/t36-,37-,38-/m0/s1. The van der Waals surface area contributed by atoms with Gasteiger partial charge in [-0.25, -0.2) is 14.8 Å². The van der Waals surface area contributed by atoms with Crippen molar-refractivity contribution in [2.75, 3.05) is 0 Å². The zero-order valence-electron chi connectivity index (χ0n) is 34.2. The molecule has 3 atom stereocenters. The maximum atomic E-state index is 14.6. The second-order valence-electron chi connectivity index (χ2n) is 17.0. The van der Waals surface area contributed by atoms with E-state index in [1.54, 1.807) is 33.2 Å². The van der Waals surface area contributed by atoms with Crippen molar-refractivity contribution in [1.82, 2.24) is 46.2 Å². The topological polar surface area (TPSA) is 199 Å². The van der Waals surface area contributed by atoms with Crippen LogP contribution in [0.15, 0.2) is 73.2 Å². The summed E-state index contributed by atoms with van der Waals surface area (Å²) in [7, 11) is 0. The Labute approximate surface area is 344 Å². The van der Waals surface area contributed by atoms with Gasteiger partial charge < -0.3 is 41.0 Å². The molecule has 0 saturated heterocycles. The molecule has 0 spiro atoms. The lowest BCUT2D eigenvalue weighted by Crippen LogP contribution is -2.58. The van der Waals surface area contributed by atoms with Gasteiger partial charge >= 0.3 is 6.09 Å². The van der Waals surface area contributed by atoms with Gasteiger partial charge in [-0.2, -0.15) is 0 Å². The van der Waals surface area contributed by atoms with Crippen LogP contribution in [0.4, 0.5) is 4.79 Å². The number of para-hydroxylation sites is 1. The van der Waals surface area contributed by atoms with Gasteiger partial charge in [-0.05, 0) is 63.6 Å². The van der Waals surface area contributed by atoms with Gasteiger partial charge in [0.2, 0.25) is 17.7 Å². The minimum atomic E-state index is -1.14. The number of carbonyl (C=O) groups is 4. The first-order valence-corrected chi connectivity index (χ1v) is 21.0. The molecular weight excluding hydrogens is 747 g/mol. The Morgan fingerprint density at radius 2 is 1.22 bits per heavy atom. The number of aromatic amines is 3. The van der Waals surface area contributed by atoms with E-state index in [1.807, 2.05) is 60.8 Å². The molecule has 3 aromatic heterocycles. The fraction of sp³-hybridized carbons (Fsp3) is 0.467. The summed E-state index contributed by atoms with van der Waals surface area (Å²) in [5, 5.41) is 12.6. The molecule has 2 aliphatic carbocycles. The molecular formula is C45H57N9O5. The second kappa shape index (κ2) is 18.8. The van der Waals surface area contributed by atoms with Gasteiger partial charge in [-0.3, -0.25) is 14.4 Å². The molecule has 2 aromatic carbocycles. The lowest BCUT2D eigenvalue weighted by molar-refractivity contribution is -0.132. The van der Waals surface area contributed by atoms with Crippen LogP contribution in [0, 0.1) is 0 Å². The Bertz CT molecular complexity index is 2190. The van der Waals surface area contributed by atoms with Crippen LogP contribution in [0.2, 0.25) is 0 Å². The highest BCUT2D eigenvalue weighted by Gasteiger charge is 2.33. The maximum absolute atomic E-state index is 14.6. The number of imidazole rings is 2. The van der Waals surface area contributed by atoms with E-state index in [4.69, 9.17) is 4.74 Å². The van der Waals surface area contributed by atoms with Crippen LogP contribution in [-0.2, 0) is 44.9 Å². The van der Waals surface area contributed by atoms with Crippen LogP contribution in [0.3, 0.4) is 0 Å². The van der Waals surface area contributed by atoms with E-state index in [0.717, 1.165) is 90.7 Å². The predicted molar refractivity (Wildman–Crippen MR) is 224 cm³/mol. The van der Waals surface area contributed by atoms with Crippen LogP contribution < -0.4 is 21.3 Å². The molecule has 0 bridgehead atoms.